The summed E-state index contributed by atoms with van der Waals surface area (Å²) < 4.78 is 187. The second-order valence-corrected chi connectivity index (χ2v) is 9.32. The third kappa shape index (κ3) is 6.98. The highest BCUT2D eigenvalue weighted by molar-refractivity contribution is 5.94. The van der Waals surface area contributed by atoms with E-state index < -0.39 is 139 Å². The Morgan fingerprint density at radius 2 is 0.574 bits per heavy atom. The molecule has 276 valence electrons. The number of carbonyl (C=O) groups is 3. The van der Waals surface area contributed by atoms with Crippen molar-refractivity contribution in [3.8, 4) is 17.2 Å². The van der Waals surface area contributed by atoms with Gasteiger partial charge in [-0.2, -0.15) is 0 Å². The molecule has 0 fully saturated rings. The zero-order valence-corrected chi connectivity index (χ0v) is 24.7. The van der Waals surface area contributed by atoms with Gasteiger partial charge in [0.15, 0.2) is 69.8 Å². The molecule has 0 heterocycles. The van der Waals surface area contributed by atoms with Gasteiger partial charge in [0, 0.05) is 32.9 Å². The minimum absolute atomic E-state index is 0.191. The molecule has 4 rings (SSSR count). The lowest BCUT2D eigenvalue weighted by Gasteiger charge is -2.14. The first-order chi connectivity index (χ1) is 25.4. The molecule has 0 saturated carbocycles. The van der Waals surface area contributed by atoms with Gasteiger partial charge in [-0.15, -0.1) is 0 Å². The zero-order valence-electron chi connectivity index (χ0n) is 24.7. The van der Waals surface area contributed by atoms with E-state index in [1.165, 1.54) is 0 Å². The predicted octanol–water partition coefficient (Wildman–Crippen LogP) is 9.84. The van der Waals surface area contributed by atoms with Crippen LogP contribution in [0.2, 0.25) is 0 Å². The van der Waals surface area contributed by atoms with Crippen molar-refractivity contribution in [1.82, 2.24) is 0 Å². The molecule has 15 nitrogen and oxygen atoms in total. The first kappa shape index (κ1) is 39.2. The average Bonchev–Trinajstić information content (AvgIpc) is 3.11. The monoisotopic (exact) mass is 777 g/mol. The smallest absolute Gasteiger partial charge is 0.349 e. The number of ether oxygens (including phenoxy) is 3. The van der Waals surface area contributed by atoms with Crippen LogP contribution in [0.1, 0.15) is 31.1 Å². The molecule has 0 atom stereocenters. The molecule has 0 radical (unpaired) electrons. The lowest BCUT2D eigenvalue weighted by molar-refractivity contribution is 0.0718. The molecule has 54 heavy (non-hydrogen) atoms. The van der Waals surface area contributed by atoms with Crippen LogP contribution in [0.5, 0.6) is 17.2 Å². The second kappa shape index (κ2) is 15.3. The van der Waals surface area contributed by atoms with E-state index in [9.17, 15) is 67.1 Å². The average molecular weight is 777 g/mol. The molecule has 27 heteroatoms. The van der Waals surface area contributed by atoms with E-state index >= 15 is 0 Å². The Morgan fingerprint density at radius 1 is 0.389 bits per heavy atom. The summed E-state index contributed by atoms with van der Waals surface area (Å²) in [7, 11) is 0. The van der Waals surface area contributed by atoms with Crippen molar-refractivity contribution in [2.45, 2.75) is 0 Å². The quantitative estimate of drug-likeness (QED) is 0.0305. The number of hydrogen-bond donors (Lipinski definition) is 0. The summed E-state index contributed by atoms with van der Waals surface area (Å²) in [6.45, 7) is 0. The third-order valence-corrected chi connectivity index (χ3v) is 6.25. The van der Waals surface area contributed by atoms with Crippen molar-refractivity contribution in [2.75, 3.05) is 0 Å². The summed E-state index contributed by atoms with van der Waals surface area (Å²) in [5, 5.41) is 7.12. The van der Waals surface area contributed by atoms with Crippen LogP contribution in [-0.2, 0) is 0 Å². The standard InChI is InChI=1S/C27H3F12N9O6/c28-10-7(11(29)17(35)22(16(10)34)43-46-40)25(49)52-4-1-5(53-26(50)8-12(30)18(36)23(44-47-41)19(37)13(8)31)3-6(2-4)54-27(51)9-14(32)20(38)24(45-48-42)21(39)15(9)33/h1-3H. The normalized spacial score (nSPS) is 10.4. The highest BCUT2D eigenvalue weighted by Gasteiger charge is 2.34. The van der Waals surface area contributed by atoms with Crippen LogP contribution in [0.4, 0.5) is 69.7 Å². The molecule has 0 bridgehead atoms. The van der Waals surface area contributed by atoms with E-state index in [-0.39, 0.29) is 18.2 Å². The SMILES string of the molecule is [N-]=[N+]=Nc1c(F)c(F)c(C(=O)Oc2cc(OC(=O)c3c(F)c(F)c(N=[N+]=[N-])c(F)c3F)cc(OC(=O)c3c(F)c(F)c(N=[N+]=[N-])c(F)c3F)c2)c(F)c1F. The molecule has 0 unspecified atom stereocenters. The van der Waals surface area contributed by atoms with Crippen molar-refractivity contribution in [1.29, 1.82) is 0 Å². The number of esters is 3. The van der Waals surface area contributed by atoms with E-state index in [0.29, 0.717) is 0 Å². The van der Waals surface area contributed by atoms with Gasteiger partial charge < -0.3 is 14.2 Å². The van der Waals surface area contributed by atoms with Crippen LogP contribution in [0.15, 0.2) is 33.5 Å². The van der Waals surface area contributed by atoms with E-state index in [1.54, 1.807) is 0 Å². The minimum atomic E-state index is -2.55. The largest absolute Gasteiger partial charge is 0.422 e. The predicted molar refractivity (Wildman–Crippen MR) is 147 cm³/mol. The highest BCUT2D eigenvalue weighted by Crippen LogP contribution is 2.36. The molecule has 0 N–H and O–H groups in total. The van der Waals surface area contributed by atoms with E-state index in [1.807, 2.05) is 14.7 Å². The summed E-state index contributed by atoms with van der Waals surface area (Å²) in [6, 6.07) is 0.572. The summed E-state index contributed by atoms with van der Waals surface area (Å²) in [5.74, 6) is -41.2. The van der Waals surface area contributed by atoms with E-state index in [0.717, 1.165) is 0 Å². The maximum atomic E-state index is 14.6. The maximum Gasteiger partial charge on any atom is 0.349 e. The van der Waals surface area contributed by atoms with Crippen molar-refractivity contribution in [2.24, 2.45) is 15.3 Å². The van der Waals surface area contributed by atoms with Crippen LogP contribution in [0, 0.1) is 69.8 Å². The number of benzene rings is 4. The van der Waals surface area contributed by atoms with E-state index in [2.05, 4.69) is 29.6 Å². The first-order valence-corrected chi connectivity index (χ1v) is 13.0. The van der Waals surface area contributed by atoms with Gasteiger partial charge in [0.1, 0.15) is 51.0 Å². The van der Waals surface area contributed by atoms with Gasteiger partial charge >= 0.3 is 17.9 Å². The van der Waals surface area contributed by atoms with Crippen molar-refractivity contribution in [3.63, 3.8) is 0 Å². The number of nitrogens with zero attached hydrogens (tertiary/aromatic N) is 9. The number of rotatable bonds is 9. The Hall–Kier alpha value is -7.62. The fourth-order valence-electron chi connectivity index (χ4n) is 3.99. The number of azide groups is 3. The van der Waals surface area contributed by atoms with Crippen LogP contribution >= 0.6 is 0 Å². The second-order valence-electron chi connectivity index (χ2n) is 9.32. The Kier molecular flexibility index (Phi) is 11.1. The highest BCUT2D eigenvalue weighted by atomic mass is 19.2. The molecule has 0 spiro atoms. The van der Waals surface area contributed by atoms with Crippen LogP contribution in [0.25, 0.3) is 31.3 Å². The van der Waals surface area contributed by atoms with Gasteiger partial charge in [0.05, 0.1) is 0 Å². The molecule has 0 aliphatic rings. The van der Waals surface area contributed by atoms with Crippen molar-refractivity contribution >= 4 is 35.0 Å². The summed E-state index contributed by atoms with van der Waals surface area (Å²) in [6.07, 6.45) is 0. The van der Waals surface area contributed by atoms with Crippen LogP contribution in [-0.4, -0.2) is 17.9 Å². The Morgan fingerprint density at radius 3 is 0.741 bits per heavy atom. The van der Waals surface area contributed by atoms with Crippen molar-refractivity contribution in [3.05, 3.63) is 136 Å². The maximum absolute atomic E-state index is 14.6. The molecule has 4 aromatic carbocycles. The van der Waals surface area contributed by atoms with Gasteiger partial charge in [0.25, 0.3) is 0 Å². The number of hydrogen-bond acceptors (Lipinski definition) is 9. The molecule has 0 aliphatic carbocycles. The lowest BCUT2D eigenvalue weighted by atomic mass is 10.1. The van der Waals surface area contributed by atoms with Crippen LogP contribution in [0.3, 0.4) is 0 Å². The summed E-state index contributed by atoms with van der Waals surface area (Å²) >= 11 is 0. The number of carbonyl (C=O) groups excluding carboxylic acids is 3. The lowest BCUT2D eigenvalue weighted by Crippen LogP contribution is -2.18. The summed E-state index contributed by atoms with van der Waals surface area (Å²) in [4.78, 5) is 43.7. The molecule has 4 aromatic rings. The van der Waals surface area contributed by atoms with Crippen LogP contribution < -0.4 is 14.2 Å². The molecular weight excluding hydrogens is 774 g/mol. The van der Waals surface area contributed by atoms with Gasteiger partial charge in [-0.1, -0.05) is 15.3 Å². The first-order valence-electron chi connectivity index (χ1n) is 13.0. The molecule has 0 aromatic heterocycles. The van der Waals surface area contributed by atoms with Gasteiger partial charge in [-0.25, -0.2) is 67.1 Å². The Balaban J connectivity index is 1.86. The summed E-state index contributed by atoms with van der Waals surface area (Å²) in [5.41, 5.74) is 12.8. The molecule has 0 saturated heterocycles. The van der Waals surface area contributed by atoms with Gasteiger partial charge in [0.2, 0.25) is 0 Å². The topological polar surface area (TPSA) is 225 Å². The molecular formula is C27H3F12N9O6. The minimum Gasteiger partial charge on any atom is -0.422 e. The van der Waals surface area contributed by atoms with E-state index in [4.69, 9.17) is 16.6 Å². The fourth-order valence-corrected chi connectivity index (χ4v) is 3.99. The Labute approximate surface area is 285 Å². The third-order valence-electron chi connectivity index (χ3n) is 6.25. The van der Waals surface area contributed by atoms with Crippen molar-refractivity contribution < 1.29 is 81.3 Å². The molecule has 0 amide bonds. The zero-order chi connectivity index (χ0) is 40.3. The molecule has 0 aliphatic heterocycles. The Bertz CT molecular complexity index is 2130. The van der Waals surface area contributed by atoms with Gasteiger partial charge in [-0.05, 0) is 16.6 Å². The number of halogens is 12. The van der Waals surface area contributed by atoms with Gasteiger partial charge in [-0.3, -0.25) is 0 Å². The fraction of sp³-hybridized carbons (Fsp3) is 0.